The molecule has 3 rings (SSSR count). The Hall–Kier alpha value is -1.88. The Morgan fingerprint density at radius 2 is 1.88 bits per heavy atom. The molecule has 0 bridgehead atoms. The Kier molecular flexibility index (Phi) is 5.51. The summed E-state index contributed by atoms with van der Waals surface area (Å²) in [5, 5.41) is 5.94. The third-order valence-corrected chi connectivity index (χ3v) is 5.12. The van der Waals surface area contributed by atoms with Gasteiger partial charge in [0.1, 0.15) is 10.8 Å². The quantitative estimate of drug-likeness (QED) is 0.522. The number of imidazole rings is 1. The van der Waals surface area contributed by atoms with Crippen LogP contribution in [0.15, 0.2) is 24.3 Å². The molecule has 0 atom stereocenters. The van der Waals surface area contributed by atoms with E-state index in [2.05, 4.69) is 26.0 Å². The van der Waals surface area contributed by atoms with Crippen LogP contribution in [0.4, 0.5) is 0 Å². The van der Waals surface area contributed by atoms with Crippen LogP contribution in [0.2, 0.25) is 0 Å². The Labute approximate surface area is 147 Å². The Morgan fingerprint density at radius 3 is 2.54 bits per heavy atom. The zero-order valence-electron chi connectivity index (χ0n) is 14.7. The molecule has 3 aromatic rings. The van der Waals surface area contributed by atoms with E-state index in [0.29, 0.717) is 6.61 Å². The highest BCUT2D eigenvalue weighted by Gasteiger charge is 2.14. The van der Waals surface area contributed by atoms with E-state index in [1.165, 1.54) is 30.7 Å². The lowest BCUT2D eigenvalue weighted by molar-refractivity contribution is 0.340. The number of unbranched alkanes of at least 4 members (excludes halogenated alkanes) is 3. The molecule has 2 aromatic heterocycles. The largest absolute Gasteiger partial charge is 0.494 e. The second kappa shape index (κ2) is 7.79. The number of hydrogen-bond acceptors (Lipinski definition) is 4. The summed E-state index contributed by atoms with van der Waals surface area (Å²) in [6, 6.07) is 8.13. The summed E-state index contributed by atoms with van der Waals surface area (Å²) in [5.41, 5.74) is 3.22. The van der Waals surface area contributed by atoms with Gasteiger partial charge in [-0.1, -0.05) is 37.5 Å². The predicted octanol–water partition coefficient (Wildman–Crippen LogP) is 5.29. The molecule has 0 aliphatic rings. The average molecular weight is 343 g/mol. The van der Waals surface area contributed by atoms with Crippen LogP contribution in [-0.2, 0) is 6.42 Å². The topological polar surface area (TPSA) is 39.4 Å². The number of benzene rings is 1. The molecule has 0 amide bonds. The number of aromatic nitrogens is 3. The molecule has 4 nitrogen and oxygen atoms in total. The van der Waals surface area contributed by atoms with E-state index in [1.54, 1.807) is 11.3 Å². The number of rotatable bonds is 8. The van der Waals surface area contributed by atoms with Crippen LogP contribution in [-0.4, -0.2) is 21.2 Å². The van der Waals surface area contributed by atoms with Crippen LogP contribution in [0, 0.1) is 6.92 Å². The molecule has 0 N–H and O–H groups in total. The lowest BCUT2D eigenvalue weighted by Gasteiger charge is -2.04. The van der Waals surface area contributed by atoms with E-state index >= 15 is 0 Å². The minimum Gasteiger partial charge on any atom is -0.494 e. The fourth-order valence-corrected chi connectivity index (χ4v) is 3.82. The van der Waals surface area contributed by atoms with Crippen molar-refractivity contribution in [2.45, 2.75) is 52.9 Å². The zero-order valence-corrected chi connectivity index (χ0v) is 15.5. The van der Waals surface area contributed by atoms with Gasteiger partial charge in [0.2, 0.25) is 4.96 Å². The smallest absolute Gasteiger partial charge is 0.212 e. The Bertz CT molecular complexity index is 789. The van der Waals surface area contributed by atoms with Crippen molar-refractivity contribution >= 4 is 16.3 Å². The Morgan fingerprint density at radius 1 is 1.08 bits per heavy atom. The van der Waals surface area contributed by atoms with Crippen molar-refractivity contribution in [3.05, 3.63) is 35.0 Å². The molecular formula is C19H25N3OS. The normalized spacial score (nSPS) is 11.3. The van der Waals surface area contributed by atoms with Crippen molar-refractivity contribution in [3.8, 4) is 17.0 Å². The highest BCUT2D eigenvalue weighted by molar-refractivity contribution is 7.16. The lowest BCUT2D eigenvalue weighted by atomic mass is 10.1. The van der Waals surface area contributed by atoms with Crippen LogP contribution in [0.1, 0.15) is 50.2 Å². The Balaban J connectivity index is 1.77. The summed E-state index contributed by atoms with van der Waals surface area (Å²) < 4.78 is 7.50. The third kappa shape index (κ3) is 3.61. The van der Waals surface area contributed by atoms with Gasteiger partial charge in [0.25, 0.3) is 0 Å². The first kappa shape index (κ1) is 17.0. The monoisotopic (exact) mass is 343 g/mol. The molecular weight excluding hydrogens is 318 g/mol. The minimum absolute atomic E-state index is 0.684. The predicted molar refractivity (Wildman–Crippen MR) is 100 cm³/mol. The van der Waals surface area contributed by atoms with Crippen LogP contribution in [0.5, 0.6) is 5.75 Å². The van der Waals surface area contributed by atoms with E-state index in [-0.39, 0.29) is 0 Å². The van der Waals surface area contributed by atoms with Crippen LogP contribution >= 0.6 is 11.3 Å². The van der Waals surface area contributed by atoms with E-state index < -0.39 is 0 Å². The second-order valence-electron chi connectivity index (χ2n) is 6.00. The maximum absolute atomic E-state index is 5.51. The number of fused-ring (bicyclic) bond motifs is 1. The van der Waals surface area contributed by atoms with Gasteiger partial charge in [-0.05, 0) is 44.5 Å². The van der Waals surface area contributed by atoms with Crippen molar-refractivity contribution in [2.75, 3.05) is 6.61 Å². The second-order valence-corrected chi connectivity index (χ2v) is 7.04. The first-order chi connectivity index (χ1) is 11.7. The number of ether oxygens (including phenoxy) is 1. The molecule has 24 heavy (non-hydrogen) atoms. The summed E-state index contributed by atoms with van der Waals surface area (Å²) in [7, 11) is 0. The van der Waals surface area contributed by atoms with Gasteiger partial charge >= 0.3 is 0 Å². The summed E-state index contributed by atoms with van der Waals surface area (Å²) in [6.07, 6.45) is 6.14. The molecule has 0 fully saturated rings. The summed E-state index contributed by atoms with van der Waals surface area (Å²) in [4.78, 5) is 5.79. The van der Waals surface area contributed by atoms with Crippen LogP contribution in [0.3, 0.4) is 0 Å². The van der Waals surface area contributed by atoms with Crippen molar-refractivity contribution < 1.29 is 4.74 Å². The molecule has 128 valence electrons. The molecule has 0 saturated heterocycles. The number of aryl methyl sites for hydroxylation is 2. The molecule has 0 aliphatic heterocycles. The standard InChI is InChI=1S/C19H25N3OS/c1-4-6-7-8-9-17-21-22-14(3)18(20-19(22)24-17)15-10-12-16(13-11-15)23-5-2/h10-13H,4-9H2,1-3H3. The average Bonchev–Trinajstić information content (AvgIpc) is 3.12. The maximum Gasteiger partial charge on any atom is 0.212 e. The van der Waals surface area contributed by atoms with Gasteiger partial charge in [-0.15, -0.1) is 0 Å². The molecule has 1 aromatic carbocycles. The van der Waals surface area contributed by atoms with Crippen LogP contribution in [0.25, 0.3) is 16.2 Å². The summed E-state index contributed by atoms with van der Waals surface area (Å²) >= 11 is 1.71. The van der Waals surface area contributed by atoms with Crippen molar-refractivity contribution in [1.29, 1.82) is 0 Å². The van der Waals surface area contributed by atoms with Gasteiger partial charge in [-0.25, -0.2) is 9.50 Å². The lowest BCUT2D eigenvalue weighted by Crippen LogP contribution is -1.93. The molecule has 0 saturated carbocycles. The van der Waals surface area contributed by atoms with Gasteiger partial charge < -0.3 is 4.74 Å². The van der Waals surface area contributed by atoms with Gasteiger partial charge in [-0.3, -0.25) is 0 Å². The fraction of sp³-hybridized carbons (Fsp3) is 0.474. The van der Waals surface area contributed by atoms with Crippen molar-refractivity contribution in [3.63, 3.8) is 0 Å². The summed E-state index contributed by atoms with van der Waals surface area (Å²) in [6.45, 7) is 7.01. The first-order valence-electron chi connectivity index (χ1n) is 8.81. The van der Waals surface area contributed by atoms with Gasteiger partial charge in [-0.2, -0.15) is 5.10 Å². The molecule has 0 aliphatic carbocycles. The van der Waals surface area contributed by atoms with Gasteiger partial charge in [0, 0.05) is 12.0 Å². The highest BCUT2D eigenvalue weighted by atomic mass is 32.1. The SMILES string of the molecule is CCCCCCc1nn2c(C)c(-c3ccc(OCC)cc3)nc2s1. The van der Waals surface area contributed by atoms with E-state index in [0.717, 1.165) is 34.1 Å². The highest BCUT2D eigenvalue weighted by Crippen LogP contribution is 2.28. The molecule has 0 radical (unpaired) electrons. The molecule has 0 spiro atoms. The van der Waals surface area contributed by atoms with Crippen molar-refractivity contribution in [2.24, 2.45) is 0 Å². The number of hydrogen-bond donors (Lipinski definition) is 0. The van der Waals surface area contributed by atoms with E-state index in [9.17, 15) is 0 Å². The number of nitrogens with zero attached hydrogens (tertiary/aromatic N) is 3. The first-order valence-corrected chi connectivity index (χ1v) is 9.62. The van der Waals surface area contributed by atoms with E-state index in [4.69, 9.17) is 14.8 Å². The zero-order chi connectivity index (χ0) is 16.9. The fourth-order valence-electron chi connectivity index (χ4n) is 2.84. The molecule has 0 unspecified atom stereocenters. The third-order valence-electron chi connectivity index (χ3n) is 4.15. The maximum atomic E-state index is 5.51. The molecule has 5 heteroatoms. The molecule has 2 heterocycles. The minimum atomic E-state index is 0.684. The van der Waals surface area contributed by atoms with Gasteiger partial charge in [0.05, 0.1) is 18.0 Å². The van der Waals surface area contributed by atoms with Gasteiger partial charge in [0.15, 0.2) is 0 Å². The van der Waals surface area contributed by atoms with Crippen molar-refractivity contribution in [1.82, 2.24) is 14.6 Å². The van der Waals surface area contributed by atoms with Crippen LogP contribution < -0.4 is 4.74 Å². The van der Waals surface area contributed by atoms with E-state index in [1.807, 2.05) is 23.6 Å². The summed E-state index contributed by atoms with van der Waals surface area (Å²) in [5.74, 6) is 0.896.